The topological polar surface area (TPSA) is 82.2 Å². The maximum Gasteiger partial charge on any atom is 0.163 e. The molecule has 1 aromatic carbocycles. The second-order valence-electron chi connectivity index (χ2n) is 3.60. The van der Waals surface area contributed by atoms with Crippen LogP contribution in [0.25, 0.3) is 11.1 Å². The Balaban J connectivity index is 2.54. The molecule has 16 heavy (non-hydrogen) atoms. The van der Waals surface area contributed by atoms with E-state index in [0.29, 0.717) is 16.9 Å². The van der Waals surface area contributed by atoms with Gasteiger partial charge in [0.25, 0.3) is 0 Å². The Labute approximate surface area is 92.9 Å². The van der Waals surface area contributed by atoms with Crippen molar-refractivity contribution in [1.29, 1.82) is 0 Å². The zero-order valence-electron chi connectivity index (χ0n) is 8.86. The van der Waals surface area contributed by atoms with Crippen molar-refractivity contribution < 1.29 is 9.21 Å². The molecule has 0 fully saturated rings. The summed E-state index contributed by atoms with van der Waals surface area (Å²) in [6.45, 7) is 1.50. The van der Waals surface area contributed by atoms with Crippen LogP contribution in [-0.4, -0.2) is 5.78 Å². The number of hydrogen-bond donors (Lipinski definition) is 2. The molecule has 4 N–H and O–H groups in total. The number of carbonyl (C=O) groups is 1. The van der Waals surface area contributed by atoms with Crippen molar-refractivity contribution in [2.75, 3.05) is 11.5 Å². The van der Waals surface area contributed by atoms with Crippen molar-refractivity contribution in [2.45, 2.75) is 6.92 Å². The van der Waals surface area contributed by atoms with Crippen LogP contribution in [0.4, 0.5) is 11.4 Å². The average Bonchev–Trinajstić information content (AvgIpc) is 2.71. The Morgan fingerprint density at radius 1 is 1.19 bits per heavy atom. The molecule has 0 aliphatic rings. The number of Topliss-reactive ketones (excluding diaryl/α,β-unsaturated/α-hetero) is 1. The molecule has 2 aromatic rings. The Hall–Kier alpha value is -2.23. The predicted octanol–water partition coefficient (Wildman–Crippen LogP) is 2.31. The third-order valence-electron chi connectivity index (χ3n) is 2.44. The average molecular weight is 216 g/mol. The molecule has 82 valence electrons. The Bertz CT molecular complexity index is 544. The molecule has 0 unspecified atom stereocenters. The Morgan fingerprint density at radius 3 is 2.56 bits per heavy atom. The second kappa shape index (κ2) is 3.73. The normalized spacial score (nSPS) is 10.3. The van der Waals surface area contributed by atoms with Crippen molar-refractivity contribution >= 4 is 17.2 Å². The van der Waals surface area contributed by atoms with E-state index in [1.54, 1.807) is 12.1 Å². The first-order valence-corrected chi connectivity index (χ1v) is 4.82. The predicted molar refractivity (Wildman–Crippen MR) is 63.0 cm³/mol. The van der Waals surface area contributed by atoms with Gasteiger partial charge in [-0.05, 0) is 24.6 Å². The van der Waals surface area contributed by atoms with E-state index in [4.69, 9.17) is 15.9 Å². The van der Waals surface area contributed by atoms with Gasteiger partial charge in [-0.3, -0.25) is 4.79 Å². The lowest BCUT2D eigenvalue weighted by Crippen LogP contribution is -1.96. The van der Waals surface area contributed by atoms with Gasteiger partial charge in [-0.15, -0.1) is 0 Å². The van der Waals surface area contributed by atoms with Crippen LogP contribution in [0.2, 0.25) is 0 Å². The molecule has 0 saturated carbocycles. The number of nitrogen functional groups attached to an aromatic ring is 2. The minimum Gasteiger partial charge on any atom is -0.471 e. The first-order chi connectivity index (χ1) is 7.59. The highest BCUT2D eigenvalue weighted by Gasteiger charge is 2.12. The molecule has 0 aliphatic carbocycles. The van der Waals surface area contributed by atoms with Gasteiger partial charge in [-0.25, -0.2) is 0 Å². The number of benzene rings is 1. The van der Waals surface area contributed by atoms with Crippen LogP contribution in [0.15, 0.2) is 35.1 Å². The summed E-state index contributed by atoms with van der Waals surface area (Å²) in [5, 5.41) is 0. The molecule has 2 rings (SSSR count). The molecular weight excluding hydrogens is 204 g/mol. The lowest BCUT2D eigenvalue weighted by atomic mass is 10.0. The highest BCUT2D eigenvalue weighted by molar-refractivity contribution is 6.00. The summed E-state index contributed by atoms with van der Waals surface area (Å²) in [4.78, 5) is 11.3. The fourth-order valence-electron chi connectivity index (χ4n) is 1.54. The van der Waals surface area contributed by atoms with Gasteiger partial charge in [-0.1, -0.05) is 6.07 Å². The van der Waals surface area contributed by atoms with E-state index >= 15 is 0 Å². The van der Waals surface area contributed by atoms with E-state index < -0.39 is 0 Å². The van der Waals surface area contributed by atoms with Gasteiger partial charge in [0.15, 0.2) is 5.78 Å². The summed E-state index contributed by atoms with van der Waals surface area (Å²) < 4.78 is 5.04. The van der Waals surface area contributed by atoms with Crippen LogP contribution in [0.5, 0.6) is 0 Å². The zero-order valence-corrected chi connectivity index (χ0v) is 8.86. The fourth-order valence-corrected chi connectivity index (χ4v) is 1.54. The largest absolute Gasteiger partial charge is 0.471 e. The molecule has 0 bridgehead atoms. The maximum atomic E-state index is 11.3. The van der Waals surface area contributed by atoms with Gasteiger partial charge in [0.2, 0.25) is 0 Å². The number of furan rings is 1. The molecule has 0 atom stereocenters. The molecule has 0 spiro atoms. The van der Waals surface area contributed by atoms with E-state index in [0.717, 1.165) is 11.1 Å². The number of ketones is 1. The summed E-state index contributed by atoms with van der Waals surface area (Å²) in [7, 11) is 0. The van der Waals surface area contributed by atoms with Gasteiger partial charge in [-0.2, -0.15) is 0 Å². The van der Waals surface area contributed by atoms with E-state index in [-0.39, 0.29) is 5.78 Å². The molecule has 0 aliphatic heterocycles. The maximum absolute atomic E-state index is 11.3. The molecule has 0 radical (unpaired) electrons. The third-order valence-corrected chi connectivity index (χ3v) is 2.44. The van der Waals surface area contributed by atoms with Crippen molar-refractivity contribution in [2.24, 2.45) is 0 Å². The highest BCUT2D eigenvalue weighted by Crippen LogP contribution is 2.28. The van der Waals surface area contributed by atoms with Crippen LogP contribution in [0.1, 0.15) is 17.3 Å². The van der Waals surface area contributed by atoms with Gasteiger partial charge < -0.3 is 15.9 Å². The fraction of sp³-hybridized carbons (Fsp3) is 0.0833. The Morgan fingerprint density at radius 2 is 1.94 bits per heavy atom. The van der Waals surface area contributed by atoms with E-state index in [1.807, 2.05) is 6.07 Å². The minimum absolute atomic E-state index is 0.0425. The standard InChI is InChI=1S/C12H12N2O2/c1-7(15)9-5-16-6-10(9)8-2-3-11(13)12(14)4-8/h2-6H,13-14H2,1H3. The first kappa shape index (κ1) is 10.3. The van der Waals surface area contributed by atoms with Crippen LogP contribution in [0.3, 0.4) is 0 Å². The number of hydrogen-bond acceptors (Lipinski definition) is 4. The smallest absolute Gasteiger partial charge is 0.163 e. The first-order valence-electron chi connectivity index (χ1n) is 4.82. The quantitative estimate of drug-likeness (QED) is 0.596. The molecule has 0 amide bonds. The van der Waals surface area contributed by atoms with Gasteiger partial charge in [0, 0.05) is 5.56 Å². The summed E-state index contributed by atoms with van der Waals surface area (Å²) in [5.74, 6) is -0.0425. The van der Waals surface area contributed by atoms with E-state index in [2.05, 4.69) is 0 Å². The molecule has 0 saturated heterocycles. The minimum atomic E-state index is -0.0425. The number of rotatable bonds is 2. The summed E-state index contributed by atoms with van der Waals surface area (Å²) in [6.07, 6.45) is 2.96. The third kappa shape index (κ3) is 1.65. The van der Waals surface area contributed by atoms with Crippen LogP contribution in [-0.2, 0) is 0 Å². The number of nitrogens with two attached hydrogens (primary N) is 2. The Kier molecular flexibility index (Phi) is 2.40. The molecule has 1 heterocycles. The van der Waals surface area contributed by atoms with Crippen molar-refractivity contribution in [3.05, 3.63) is 36.3 Å². The number of anilines is 2. The zero-order chi connectivity index (χ0) is 11.7. The lowest BCUT2D eigenvalue weighted by Gasteiger charge is -2.04. The summed E-state index contributed by atoms with van der Waals surface area (Å²) in [6, 6.07) is 5.25. The summed E-state index contributed by atoms with van der Waals surface area (Å²) >= 11 is 0. The second-order valence-corrected chi connectivity index (χ2v) is 3.60. The van der Waals surface area contributed by atoms with Crippen molar-refractivity contribution in [3.63, 3.8) is 0 Å². The highest BCUT2D eigenvalue weighted by atomic mass is 16.3. The number of carbonyl (C=O) groups excluding carboxylic acids is 1. The molecule has 4 nitrogen and oxygen atoms in total. The van der Waals surface area contributed by atoms with Gasteiger partial charge >= 0.3 is 0 Å². The van der Waals surface area contributed by atoms with Crippen LogP contribution < -0.4 is 11.5 Å². The summed E-state index contributed by atoms with van der Waals surface area (Å²) in [5.41, 5.74) is 14.5. The van der Waals surface area contributed by atoms with E-state index in [1.165, 1.54) is 19.5 Å². The van der Waals surface area contributed by atoms with Crippen LogP contribution >= 0.6 is 0 Å². The molecule has 4 heteroatoms. The van der Waals surface area contributed by atoms with Gasteiger partial charge in [0.1, 0.15) is 6.26 Å². The van der Waals surface area contributed by atoms with E-state index in [9.17, 15) is 4.79 Å². The lowest BCUT2D eigenvalue weighted by molar-refractivity contribution is 0.101. The van der Waals surface area contributed by atoms with Crippen LogP contribution in [0, 0.1) is 0 Å². The molecule has 1 aromatic heterocycles. The van der Waals surface area contributed by atoms with Crippen molar-refractivity contribution in [1.82, 2.24) is 0 Å². The SMILES string of the molecule is CC(=O)c1cocc1-c1ccc(N)c(N)c1. The van der Waals surface area contributed by atoms with Gasteiger partial charge in [0.05, 0.1) is 23.2 Å². The monoisotopic (exact) mass is 216 g/mol. The molecular formula is C12H12N2O2. The van der Waals surface area contributed by atoms with Crippen molar-refractivity contribution in [3.8, 4) is 11.1 Å².